The molecule has 0 heterocycles. The van der Waals surface area contributed by atoms with E-state index < -0.39 is 0 Å². The molecule has 0 aromatic heterocycles. The number of hydrogen-bond acceptors (Lipinski definition) is 0. The molecule has 0 N–H and O–H groups in total. The van der Waals surface area contributed by atoms with Gasteiger partial charge in [0.15, 0.2) is 0 Å². The maximum absolute atomic E-state index is 2.08. The Balaban J connectivity index is 0. The van der Waals surface area contributed by atoms with Gasteiger partial charge in [-0.05, 0) is 6.92 Å². The zero-order chi connectivity index (χ0) is 5.11. The molecule has 0 aliphatic rings. The molecule has 0 atom stereocenters. The average Bonchev–Trinajstić information content (AvgIpc) is 1.69. The molecule has 2 heteroatoms. The first-order chi connectivity index (χ1) is 3.39. The van der Waals surface area contributed by atoms with E-state index in [1.54, 1.807) is 0 Å². The van der Waals surface area contributed by atoms with E-state index in [0.717, 1.165) is 0 Å². The van der Waals surface area contributed by atoms with Crippen LogP contribution in [0.5, 0.6) is 0 Å². The van der Waals surface area contributed by atoms with E-state index in [2.05, 4.69) is 19.1 Å². The van der Waals surface area contributed by atoms with Gasteiger partial charge in [0.1, 0.15) is 0 Å². The fraction of sp³-hybridized carbons (Fsp3) is 0.143. The van der Waals surface area contributed by atoms with Crippen LogP contribution in [0.2, 0.25) is 0 Å². The van der Waals surface area contributed by atoms with Crippen molar-refractivity contribution < 1.29 is 0 Å². The Hall–Kier alpha value is 1.22. The van der Waals surface area contributed by atoms with Gasteiger partial charge in [0.2, 0.25) is 0 Å². The molecule has 0 saturated heterocycles. The van der Waals surface area contributed by atoms with Crippen LogP contribution in [0.25, 0.3) is 0 Å². The molecule has 0 aliphatic heterocycles. The summed E-state index contributed by atoms with van der Waals surface area (Å²) < 4.78 is 0. The Morgan fingerprint density at radius 1 is 0.889 bits per heavy atom. The fourth-order valence-electron chi connectivity index (χ4n) is 0.534. The molecule has 0 radical (unpaired) electrons. The zero-order valence-corrected chi connectivity index (χ0v) is 4.39. The monoisotopic (exact) mass is 140 g/mol. The number of rotatable bonds is 0. The number of aryl methyl sites for hydroxylation is 1. The van der Waals surface area contributed by atoms with Gasteiger partial charge in [-0.25, -0.2) is 0 Å². The Labute approximate surface area is 101 Å². The van der Waals surface area contributed by atoms with E-state index in [-0.39, 0.29) is 59.1 Å². The summed E-state index contributed by atoms with van der Waals surface area (Å²) in [6.07, 6.45) is 0. The summed E-state index contributed by atoms with van der Waals surface area (Å²) in [5.41, 5.74) is 1.32. The van der Waals surface area contributed by atoms with Crippen LogP contribution in [0.1, 0.15) is 5.56 Å². The van der Waals surface area contributed by atoms with Crippen molar-refractivity contribution in [1.82, 2.24) is 0 Å². The standard InChI is InChI=1S/C7H8.2Na.2H/c1-7-5-3-2-4-6-7;;;;/h2-6H,1H3;;;;. The predicted octanol–water partition coefficient (Wildman–Crippen LogP) is 0.698. The molecule has 0 spiro atoms. The molecule has 9 heavy (non-hydrogen) atoms. The average molecular weight is 140 g/mol. The van der Waals surface area contributed by atoms with Crippen molar-refractivity contribution in [2.75, 3.05) is 0 Å². The summed E-state index contributed by atoms with van der Waals surface area (Å²) in [5, 5.41) is 0. The second kappa shape index (κ2) is 7.33. The van der Waals surface area contributed by atoms with Crippen molar-refractivity contribution in [3.63, 3.8) is 0 Å². The van der Waals surface area contributed by atoms with Crippen LogP contribution in [-0.4, -0.2) is 59.1 Å². The van der Waals surface area contributed by atoms with Crippen LogP contribution in [0.3, 0.4) is 0 Å². The van der Waals surface area contributed by atoms with E-state index >= 15 is 0 Å². The van der Waals surface area contributed by atoms with Crippen LogP contribution in [0, 0.1) is 6.92 Å². The number of benzene rings is 1. The Bertz CT molecular complexity index is 137. The quantitative estimate of drug-likeness (QED) is 0.465. The molecule has 0 saturated carbocycles. The molecule has 0 fully saturated rings. The van der Waals surface area contributed by atoms with Gasteiger partial charge in [-0.15, -0.1) is 0 Å². The van der Waals surface area contributed by atoms with E-state index in [9.17, 15) is 0 Å². The van der Waals surface area contributed by atoms with Crippen molar-refractivity contribution in [3.8, 4) is 0 Å². The van der Waals surface area contributed by atoms with Crippen molar-refractivity contribution in [1.29, 1.82) is 0 Å². The third-order valence-corrected chi connectivity index (χ3v) is 0.940. The molecular weight excluding hydrogens is 130 g/mol. The van der Waals surface area contributed by atoms with E-state index in [0.29, 0.717) is 0 Å². The summed E-state index contributed by atoms with van der Waals surface area (Å²) in [6, 6.07) is 10.3. The molecule has 1 aromatic carbocycles. The van der Waals surface area contributed by atoms with Crippen molar-refractivity contribution in [2.45, 2.75) is 6.92 Å². The second-order valence-corrected chi connectivity index (χ2v) is 1.65. The summed E-state index contributed by atoms with van der Waals surface area (Å²) in [6.45, 7) is 2.08. The molecule has 0 nitrogen and oxygen atoms in total. The van der Waals surface area contributed by atoms with Gasteiger partial charge in [0.05, 0.1) is 0 Å². The van der Waals surface area contributed by atoms with Gasteiger partial charge in [-0.1, -0.05) is 35.9 Å². The third-order valence-electron chi connectivity index (χ3n) is 0.940. The SMILES string of the molecule is Cc1ccccc1.[NaH].[NaH]. The molecular formula is C7H10Na2. The Kier molecular flexibility index (Phi) is 10.5. The minimum absolute atomic E-state index is 0. The van der Waals surface area contributed by atoms with Crippen LogP contribution in [-0.2, 0) is 0 Å². The van der Waals surface area contributed by atoms with E-state index in [4.69, 9.17) is 0 Å². The van der Waals surface area contributed by atoms with Crippen LogP contribution < -0.4 is 0 Å². The van der Waals surface area contributed by atoms with Crippen molar-refractivity contribution >= 4 is 59.1 Å². The molecule has 0 unspecified atom stereocenters. The first kappa shape index (κ1) is 12.9. The number of hydrogen-bond donors (Lipinski definition) is 0. The van der Waals surface area contributed by atoms with Crippen LogP contribution in [0.15, 0.2) is 30.3 Å². The molecule has 1 rings (SSSR count). The summed E-state index contributed by atoms with van der Waals surface area (Å²) in [7, 11) is 0. The Morgan fingerprint density at radius 3 is 1.56 bits per heavy atom. The Morgan fingerprint density at radius 2 is 1.33 bits per heavy atom. The van der Waals surface area contributed by atoms with Crippen molar-refractivity contribution in [2.24, 2.45) is 0 Å². The van der Waals surface area contributed by atoms with Gasteiger partial charge in [0, 0.05) is 0 Å². The van der Waals surface area contributed by atoms with Crippen molar-refractivity contribution in [3.05, 3.63) is 35.9 Å². The third kappa shape index (κ3) is 5.65. The zero-order valence-electron chi connectivity index (χ0n) is 4.39. The predicted molar refractivity (Wildman–Crippen MR) is 45.5 cm³/mol. The van der Waals surface area contributed by atoms with E-state index in [1.807, 2.05) is 18.2 Å². The van der Waals surface area contributed by atoms with Gasteiger partial charge >= 0.3 is 59.1 Å². The first-order valence-electron chi connectivity index (χ1n) is 2.41. The second-order valence-electron chi connectivity index (χ2n) is 1.65. The first-order valence-corrected chi connectivity index (χ1v) is 2.41. The van der Waals surface area contributed by atoms with Gasteiger partial charge in [-0.3, -0.25) is 0 Å². The minimum atomic E-state index is 0. The van der Waals surface area contributed by atoms with Gasteiger partial charge < -0.3 is 0 Å². The molecule has 1 aromatic rings. The molecule has 0 bridgehead atoms. The fourth-order valence-corrected chi connectivity index (χ4v) is 0.534. The molecule has 0 aliphatic carbocycles. The summed E-state index contributed by atoms with van der Waals surface area (Å²) >= 11 is 0. The maximum atomic E-state index is 2.08. The normalized spacial score (nSPS) is 6.78. The van der Waals surface area contributed by atoms with Crippen LogP contribution >= 0.6 is 0 Å². The molecule has 40 valence electrons. The van der Waals surface area contributed by atoms with Gasteiger partial charge in [0.25, 0.3) is 0 Å². The molecule has 0 amide bonds. The summed E-state index contributed by atoms with van der Waals surface area (Å²) in [4.78, 5) is 0. The van der Waals surface area contributed by atoms with Gasteiger partial charge in [-0.2, -0.15) is 0 Å². The van der Waals surface area contributed by atoms with Crippen LogP contribution in [0.4, 0.5) is 0 Å². The van der Waals surface area contributed by atoms with E-state index in [1.165, 1.54) is 5.56 Å². The summed E-state index contributed by atoms with van der Waals surface area (Å²) in [5.74, 6) is 0. The topological polar surface area (TPSA) is 0 Å².